The van der Waals surface area contributed by atoms with Gasteiger partial charge in [0, 0.05) is 32.6 Å². The fourth-order valence-electron chi connectivity index (χ4n) is 3.89. The largest absolute Gasteiger partial charge is 0.362 e. The lowest BCUT2D eigenvalue weighted by molar-refractivity contribution is -0.384. The van der Waals surface area contributed by atoms with E-state index in [2.05, 4.69) is 0 Å². The lowest BCUT2D eigenvalue weighted by Crippen LogP contribution is -2.49. The number of nitrogens with zero attached hydrogens (tertiary/aromatic N) is 3. The summed E-state index contributed by atoms with van der Waals surface area (Å²) in [7, 11) is 0. The first-order valence-electron chi connectivity index (χ1n) is 9.01. The van der Waals surface area contributed by atoms with Gasteiger partial charge in [0.15, 0.2) is 0 Å². The maximum absolute atomic E-state index is 13.3. The summed E-state index contributed by atoms with van der Waals surface area (Å²) in [6.45, 7) is 2.17. The molecule has 2 aliphatic rings. The van der Waals surface area contributed by atoms with Crippen LogP contribution in [0.3, 0.4) is 0 Å². The minimum absolute atomic E-state index is 0.181. The van der Waals surface area contributed by atoms with Crippen molar-refractivity contribution in [2.75, 3.05) is 31.1 Å². The fraction of sp³-hybridized carbons (Fsp3) is 0.611. The number of piperazine rings is 1. The van der Waals surface area contributed by atoms with Gasteiger partial charge in [0.25, 0.3) is 5.69 Å². The molecule has 0 N–H and O–H groups in total. The van der Waals surface area contributed by atoms with Crippen molar-refractivity contribution in [3.8, 4) is 0 Å². The van der Waals surface area contributed by atoms with Crippen LogP contribution in [0.15, 0.2) is 18.2 Å². The molecule has 25 heavy (non-hydrogen) atoms. The van der Waals surface area contributed by atoms with E-state index in [0.717, 1.165) is 12.5 Å². The molecule has 2 fully saturated rings. The lowest BCUT2D eigenvalue weighted by Gasteiger charge is -2.36. The van der Waals surface area contributed by atoms with Crippen LogP contribution >= 0.6 is 0 Å². The molecule has 1 amide bonds. The van der Waals surface area contributed by atoms with Crippen molar-refractivity contribution >= 4 is 17.3 Å². The van der Waals surface area contributed by atoms with Crippen molar-refractivity contribution < 1.29 is 14.1 Å². The molecule has 1 heterocycles. The monoisotopic (exact) mass is 349 g/mol. The molecular weight excluding hydrogens is 325 g/mol. The molecule has 1 aromatic rings. The van der Waals surface area contributed by atoms with Crippen molar-refractivity contribution in [2.45, 2.75) is 38.5 Å². The molecule has 0 bridgehead atoms. The molecule has 1 saturated carbocycles. The average Bonchev–Trinajstić information content (AvgIpc) is 3.13. The molecule has 136 valence electrons. The molecule has 0 atom stereocenters. The maximum atomic E-state index is 13.3. The summed E-state index contributed by atoms with van der Waals surface area (Å²) < 4.78 is 13.3. The summed E-state index contributed by atoms with van der Waals surface area (Å²) in [5.74, 6) is 0.267. The number of halogens is 1. The van der Waals surface area contributed by atoms with Crippen LogP contribution in [0.4, 0.5) is 15.8 Å². The van der Waals surface area contributed by atoms with E-state index in [4.69, 9.17) is 0 Å². The lowest BCUT2D eigenvalue weighted by atomic mass is 10.0. The van der Waals surface area contributed by atoms with E-state index in [-0.39, 0.29) is 11.6 Å². The van der Waals surface area contributed by atoms with Crippen molar-refractivity contribution in [1.82, 2.24) is 4.90 Å². The third-order valence-corrected chi connectivity index (χ3v) is 5.35. The molecule has 0 unspecified atom stereocenters. The third-order valence-electron chi connectivity index (χ3n) is 5.35. The first-order valence-corrected chi connectivity index (χ1v) is 9.01. The molecule has 0 aromatic heterocycles. The fourth-order valence-corrected chi connectivity index (χ4v) is 3.89. The zero-order chi connectivity index (χ0) is 17.8. The second-order valence-corrected chi connectivity index (χ2v) is 6.95. The minimum Gasteiger partial charge on any atom is -0.362 e. The predicted molar refractivity (Wildman–Crippen MR) is 93.0 cm³/mol. The van der Waals surface area contributed by atoms with E-state index in [1.54, 1.807) is 0 Å². The normalized spacial score (nSPS) is 18.6. The van der Waals surface area contributed by atoms with Gasteiger partial charge in [-0.15, -0.1) is 0 Å². The summed E-state index contributed by atoms with van der Waals surface area (Å²) in [4.78, 5) is 26.7. The van der Waals surface area contributed by atoms with Crippen LogP contribution in [0, 0.1) is 21.8 Å². The standard InChI is InChI=1S/C18H24FN3O3/c19-15-6-7-16(17(13-15)22(24)25)20-9-11-21(12-10-20)18(23)8-5-14-3-1-2-4-14/h6-7,13-14H,1-5,8-12H2. The molecule has 0 spiro atoms. The Kier molecular flexibility index (Phi) is 5.50. The molecule has 3 rings (SSSR count). The summed E-state index contributed by atoms with van der Waals surface area (Å²) in [6.07, 6.45) is 6.64. The minimum atomic E-state index is -0.615. The Hall–Kier alpha value is -2.18. The topological polar surface area (TPSA) is 66.7 Å². The van der Waals surface area contributed by atoms with Crippen molar-refractivity contribution in [2.24, 2.45) is 5.92 Å². The Morgan fingerprint density at radius 2 is 1.88 bits per heavy atom. The summed E-state index contributed by atoms with van der Waals surface area (Å²) in [5.41, 5.74) is 0.200. The van der Waals surface area contributed by atoms with Gasteiger partial charge in [-0.25, -0.2) is 4.39 Å². The van der Waals surface area contributed by atoms with E-state index in [0.29, 0.717) is 44.2 Å². The average molecular weight is 349 g/mol. The van der Waals surface area contributed by atoms with Gasteiger partial charge in [-0.1, -0.05) is 25.7 Å². The van der Waals surface area contributed by atoms with Gasteiger partial charge in [0.1, 0.15) is 11.5 Å². The van der Waals surface area contributed by atoms with Crippen LogP contribution in [0.2, 0.25) is 0 Å². The SMILES string of the molecule is O=C(CCC1CCCC1)N1CCN(c2ccc(F)cc2[N+](=O)[O-])CC1. The number of benzene rings is 1. The molecule has 1 saturated heterocycles. The summed E-state index contributed by atoms with van der Waals surface area (Å²) in [6, 6.07) is 3.64. The van der Waals surface area contributed by atoms with Gasteiger partial charge in [-0.05, 0) is 24.5 Å². The molecule has 1 aromatic carbocycles. The van der Waals surface area contributed by atoms with Crippen LogP contribution in [0.25, 0.3) is 0 Å². The van der Waals surface area contributed by atoms with E-state index in [9.17, 15) is 19.3 Å². The first kappa shape index (κ1) is 17.6. The summed E-state index contributed by atoms with van der Waals surface area (Å²) >= 11 is 0. The predicted octanol–water partition coefficient (Wildman–Crippen LogP) is 3.35. The molecule has 0 radical (unpaired) electrons. The van der Waals surface area contributed by atoms with Crippen molar-refractivity contribution in [3.05, 3.63) is 34.1 Å². The van der Waals surface area contributed by atoms with Crippen LogP contribution in [0.1, 0.15) is 38.5 Å². The second kappa shape index (κ2) is 7.80. The Balaban J connectivity index is 1.55. The Labute approximate surface area is 146 Å². The molecule has 6 nitrogen and oxygen atoms in total. The Morgan fingerprint density at radius 1 is 1.20 bits per heavy atom. The zero-order valence-corrected chi connectivity index (χ0v) is 14.3. The highest BCUT2D eigenvalue weighted by atomic mass is 19.1. The Bertz CT molecular complexity index is 638. The number of nitro benzene ring substituents is 1. The van der Waals surface area contributed by atoms with Gasteiger partial charge in [-0.3, -0.25) is 14.9 Å². The van der Waals surface area contributed by atoms with Gasteiger partial charge in [0.05, 0.1) is 11.0 Å². The number of hydrogen-bond donors (Lipinski definition) is 0. The highest BCUT2D eigenvalue weighted by Gasteiger charge is 2.26. The number of carbonyl (C=O) groups is 1. The number of hydrogen-bond acceptors (Lipinski definition) is 4. The van der Waals surface area contributed by atoms with Gasteiger partial charge >= 0.3 is 0 Å². The van der Waals surface area contributed by atoms with E-state index in [1.165, 1.54) is 37.8 Å². The van der Waals surface area contributed by atoms with Crippen molar-refractivity contribution in [3.63, 3.8) is 0 Å². The smallest absolute Gasteiger partial charge is 0.295 e. The van der Waals surface area contributed by atoms with Gasteiger partial charge in [-0.2, -0.15) is 0 Å². The first-order chi connectivity index (χ1) is 12.0. The zero-order valence-electron chi connectivity index (χ0n) is 14.3. The number of rotatable bonds is 5. The molecule has 1 aliphatic heterocycles. The van der Waals surface area contributed by atoms with Crippen LogP contribution in [-0.4, -0.2) is 41.9 Å². The number of amides is 1. The highest BCUT2D eigenvalue weighted by molar-refractivity contribution is 5.76. The quantitative estimate of drug-likeness (QED) is 0.604. The highest BCUT2D eigenvalue weighted by Crippen LogP contribution is 2.30. The summed E-state index contributed by atoms with van der Waals surface area (Å²) in [5, 5.41) is 11.1. The molecule has 1 aliphatic carbocycles. The number of anilines is 1. The van der Waals surface area contributed by atoms with E-state index < -0.39 is 10.7 Å². The van der Waals surface area contributed by atoms with Gasteiger partial charge in [0.2, 0.25) is 5.91 Å². The molecular formula is C18H24FN3O3. The van der Waals surface area contributed by atoms with E-state index in [1.807, 2.05) is 9.80 Å². The van der Waals surface area contributed by atoms with Crippen molar-refractivity contribution in [1.29, 1.82) is 0 Å². The van der Waals surface area contributed by atoms with E-state index >= 15 is 0 Å². The van der Waals surface area contributed by atoms with Gasteiger partial charge < -0.3 is 9.80 Å². The number of nitro groups is 1. The molecule has 7 heteroatoms. The maximum Gasteiger partial charge on any atom is 0.295 e. The Morgan fingerprint density at radius 3 is 2.52 bits per heavy atom. The van der Waals surface area contributed by atoms with Crippen LogP contribution in [-0.2, 0) is 4.79 Å². The third kappa shape index (κ3) is 4.27. The number of carbonyl (C=O) groups excluding carboxylic acids is 1. The van der Waals surface area contributed by atoms with Crippen LogP contribution in [0.5, 0.6) is 0 Å². The second-order valence-electron chi connectivity index (χ2n) is 6.95. The van der Waals surface area contributed by atoms with Crippen LogP contribution < -0.4 is 4.90 Å².